The number of hydrogen-bond acceptors (Lipinski definition) is 3. The van der Waals surface area contributed by atoms with Crippen molar-refractivity contribution in [2.75, 3.05) is 25.0 Å². The van der Waals surface area contributed by atoms with E-state index in [4.69, 9.17) is 0 Å². The molecule has 4 nitrogen and oxygen atoms in total. The number of nitrogens with one attached hydrogen (secondary N) is 1. The van der Waals surface area contributed by atoms with Crippen LogP contribution in [0, 0.1) is 13.8 Å². The van der Waals surface area contributed by atoms with E-state index in [1.807, 2.05) is 43.9 Å². The van der Waals surface area contributed by atoms with E-state index in [2.05, 4.69) is 5.32 Å². The van der Waals surface area contributed by atoms with Gasteiger partial charge in [-0.25, -0.2) is 0 Å². The standard InChI is InChI=1S/C15H22N2O2/c1-11-5-4-6-13(12(11)2)16-14(18)9-17-8-7-15(3,19)10-17/h4-6,19H,7-10H2,1-3H3,(H,16,18). The first-order valence-corrected chi connectivity index (χ1v) is 6.68. The second kappa shape index (κ2) is 5.31. The van der Waals surface area contributed by atoms with Crippen molar-refractivity contribution < 1.29 is 9.90 Å². The van der Waals surface area contributed by atoms with Crippen LogP contribution in [0.15, 0.2) is 18.2 Å². The van der Waals surface area contributed by atoms with Gasteiger partial charge >= 0.3 is 0 Å². The lowest BCUT2D eigenvalue weighted by molar-refractivity contribution is -0.117. The molecule has 104 valence electrons. The Labute approximate surface area is 114 Å². The molecule has 1 aromatic rings. The van der Waals surface area contributed by atoms with E-state index in [0.29, 0.717) is 13.1 Å². The highest BCUT2D eigenvalue weighted by molar-refractivity contribution is 5.93. The first-order valence-electron chi connectivity index (χ1n) is 6.68. The Morgan fingerprint density at radius 2 is 2.21 bits per heavy atom. The molecule has 0 spiro atoms. The fourth-order valence-corrected chi connectivity index (χ4v) is 2.45. The topological polar surface area (TPSA) is 52.6 Å². The quantitative estimate of drug-likeness (QED) is 0.871. The minimum Gasteiger partial charge on any atom is -0.389 e. The van der Waals surface area contributed by atoms with Crippen molar-refractivity contribution in [3.8, 4) is 0 Å². The van der Waals surface area contributed by atoms with Gasteiger partial charge in [-0.05, 0) is 44.4 Å². The Morgan fingerprint density at radius 1 is 1.47 bits per heavy atom. The van der Waals surface area contributed by atoms with Gasteiger partial charge < -0.3 is 10.4 Å². The summed E-state index contributed by atoms with van der Waals surface area (Å²) in [6.07, 6.45) is 0.726. The lowest BCUT2D eigenvalue weighted by Gasteiger charge is -2.18. The van der Waals surface area contributed by atoms with Gasteiger partial charge in [0.05, 0.1) is 12.1 Å². The number of aliphatic hydroxyl groups is 1. The molecule has 1 heterocycles. The van der Waals surface area contributed by atoms with Crippen molar-refractivity contribution in [2.24, 2.45) is 0 Å². The number of nitrogens with zero attached hydrogens (tertiary/aromatic N) is 1. The predicted molar refractivity (Wildman–Crippen MR) is 76.2 cm³/mol. The van der Waals surface area contributed by atoms with Crippen LogP contribution in [-0.4, -0.2) is 41.1 Å². The van der Waals surface area contributed by atoms with Crippen LogP contribution >= 0.6 is 0 Å². The number of benzene rings is 1. The van der Waals surface area contributed by atoms with Gasteiger partial charge in [-0.15, -0.1) is 0 Å². The average molecular weight is 262 g/mol. The number of rotatable bonds is 3. The highest BCUT2D eigenvalue weighted by atomic mass is 16.3. The normalized spacial score (nSPS) is 23.6. The Bertz CT molecular complexity index is 483. The predicted octanol–water partition coefficient (Wildman–Crippen LogP) is 1.70. The molecule has 0 bridgehead atoms. The number of carbonyl (C=O) groups is 1. The maximum Gasteiger partial charge on any atom is 0.238 e. The van der Waals surface area contributed by atoms with E-state index in [9.17, 15) is 9.90 Å². The second-order valence-electron chi connectivity index (χ2n) is 5.75. The Morgan fingerprint density at radius 3 is 2.84 bits per heavy atom. The van der Waals surface area contributed by atoms with Crippen molar-refractivity contribution >= 4 is 11.6 Å². The van der Waals surface area contributed by atoms with Crippen molar-refractivity contribution in [1.29, 1.82) is 0 Å². The largest absolute Gasteiger partial charge is 0.389 e. The Hall–Kier alpha value is -1.39. The summed E-state index contributed by atoms with van der Waals surface area (Å²) in [6, 6.07) is 5.89. The summed E-state index contributed by atoms with van der Waals surface area (Å²) in [6.45, 7) is 7.52. The molecular formula is C15H22N2O2. The van der Waals surface area contributed by atoms with Crippen molar-refractivity contribution in [3.05, 3.63) is 29.3 Å². The molecule has 1 unspecified atom stereocenters. The fourth-order valence-electron chi connectivity index (χ4n) is 2.45. The number of aryl methyl sites for hydroxylation is 1. The van der Waals surface area contributed by atoms with Crippen LogP contribution in [0.25, 0.3) is 0 Å². The van der Waals surface area contributed by atoms with Gasteiger partial charge in [0.2, 0.25) is 5.91 Å². The summed E-state index contributed by atoms with van der Waals surface area (Å²) >= 11 is 0. The van der Waals surface area contributed by atoms with Gasteiger partial charge in [-0.3, -0.25) is 9.69 Å². The SMILES string of the molecule is Cc1cccc(NC(=O)CN2CCC(C)(O)C2)c1C. The van der Waals surface area contributed by atoms with Crippen LogP contribution in [0.5, 0.6) is 0 Å². The summed E-state index contributed by atoms with van der Waals surface area (Å²) < 4.78 is 0. The smallest absolute Gasteiger partial charge is 0.238 e. The number of β-amino-alcohol motifs (C(OH)–C–C–N with tert-alkyl or cyclic N) is 1. The van der Waals surface area contributed by atoms with E-state index < -0.39 is 5.60 Å². The molecule has 1 aromatic carbocycles. The van der Waals surface area contributed by atoms with Crippen LogP contribution in [0.3, 0.4) is 0 Å². The van der Waals surface area contributed by atoms with Crippen molar-refractivity contribution in [1.82, 2.24) is 4.90 Å². The molecule has 1 amide bonds. The molecule has 1 fully saturated rings. The lowest BCUT2D eigenvalue weighted by Crippen LogP contribution is -2.35. The van der Waals surface area contributed by atoms with Gasteiger partial charge in [0.25, 0.3) is 0 Å². The van der Waals surface area contributed by atoms with Crippen LogP contribution < -0.4 is 5.32 Å². The molecule has 1 saturated heterocycles. The molecule has 1 aliphatic heterocycles. The molecule has 0 saturated carbocycles. The van der Waals surface area contributed by atoms with Crippen LogP contribution in [-0.2, 0) is 4.79 Å². The maximum atomic E-state index is 12.0. The molecule has 4 heteroatoms. The first kappa shape index (κ1) is 14.0. The molecule has 19 heavy (non-hydrogen) atoms. The van der Waals surface area contributed by atoms with E-state index in [-0.39, 0.29) is 5.91 Å². The third-order valence-electron chi connectivity index (χ3n) is 3.78. The number of carbonyl (C=O) groups excluding carboxylic acids is 1. The zero-order valence-electron chi connectivity index (χ0n) is 11.9. The summed E-state index contributed by atoms with van der Waals surface area (Å²) in [5, 5.41) is 12.8. The van der Waals surface area contributed by atoms with Gasteiger partial charge in [0.15, 0.2) is 0 Å². The van der Waals surface area contributed by atoms with Crippen LogP contribution in [0.4, 0.5) is 5.69 Å². The van der Waals surface area contributed by atoms with Crippen molar-refractivity contribution in [2.45, 2.75) is 32.8 Å². The number of likely N-dealkylation sites (tertiary alicyclic amines) is 1. The zero-order valence-corrected chi connectivity index (χ0v) is 11.9. The number of anilines is 1. The minimum absolute atomic E-state index is 0.0219. The first-order chi connectivity index (χ1) is 8.87. The van der Waals surface area contributed by atoms with Gasteiger partial charge in [0, 0.05) is 18.8 Å². The molecule has 1 atom stereocenters. The molecule has 2 rings (SSSR count). The summed E-state index contributed by atoms with van der Waals surface area (Å²) in [5.41, 5.74) is 2.49. The Kier molecular flexibility index (Phi) is 3.92. The summed E-state index contributed by atoms with van der Waals surface area (Å²) in [5.74, 6) is -0.0219. The van der Waals surface area contributed by atoms with Gasteiger partial charge in [-0.2, -0.15) is 0 Å². The molecular weight excluding hydrogens is 240 g/mol. The van der Waals surface area contributed by atoms with Crippen molar-refractivity contribution in [3.63, 3.8) is 0 Å². The highest BCUT2D eigenvalue weighted by Gasteiger charge is 2.31. The monoisotopic (exact) mass is 262 g/mol. The fraction of sp³-hybridized carbons (Fsp3) is 0.533. The number of hydrogen-bond donors (Lipinski definition) is 2. The second-order valence-corrected chi connectivity index (χ2v) is 5.75. The Balaban J connectivity index is 1.93. The third-order valence-corrected chi connectivity index (χ3v) is 3.78. The molecule has 2 N–H and O–H groups in total. The van der Waals surface area contributed by atoms with E-state index in [1.165, 1.54) is 5.56 Å². The zero-order chi connectivity index (χ0) is 14.0. The van der Waals surface area contributed by atoms with E-state index in [0.717, 1.165) is 24.2 Å². The minimum atomic E-state index is -0.653. The molecule has 0 radical (unpaired) electrons. The molecule has 0 aliphatic carbocycles. The van der Waals surface area contributed by atoms with Crippen LogP contribution in [0.1, 0.15) is 24.5 Å². The molecule has 0 aromatic heterocycles. The lowest BCUT2D eigenvalue weighted by atomic mass is 10.1. The van der Waals surface area contributed by atoms with Gasteiger partial charge in [-0.1, -0.05) is 12.1 Å². The van der Waals surface area contributed by atoms with E-state index >= 15 is 0 Å². The van der Waals surface area contributed by atoms with Gasteiger partial charge in [0.1, 0.15) is 0 Å². The highest BCUT2D eigenvalue weighted by Crippen LogP contribution is 2.21. The summed E-state index contributed by atoms with van der Waals surface area (Å²) in [7, 11) is 0. The van der Waals surface area contributed by atoms with E-state index in [1.54, 1.807) is 0 Å². The average Bonchev–Trinajstić information content (AvgIpc) is 2.64. The third kappa shape index (κ3) is 3.55. The van der Waals surface area contributed by atoms with Crippen LogP contribution in [0.2, 0.25) is 0 Å². The summed E-state index contributed by atoms with van der Waals surface area (Å²) in [4.78, 5) is 14.0. The number of amides is 1. The molecule has 1 aliphatic rings. The maximum absolute atomic E-state index is 12.0.